The average molecular weight is 519 g/mol. The van der Waals surface area contributed by atoms with Gasteiger partial charge >= 0.3 is 0 Å². The van der Waals surface area contributed by atoms with Crippen molar-refractivity contribution in [3.8, 4) is 11.1 Å². The molecule has 0 bridgehead atoms. The Morgan fingerprint density at radius 1 is 1.17 bits per heavy atom. The van der Waals surface area contributed by atoms with Crippen molar-refractivity contribution < 1.29 is 13.9 Å². The number of hydrogen-bond acceptors (Lipinski definition) is 6. The average Bonchev–Trinajstić information content (AvgIpc) is 2.87. The van der Waals surface area contributed by atoms with Crippen LogP contribution in [0.3, 0.4) is 0 Å². The molecule has 1 atom stereocenters. The van der Waals surface area contributed by atoms with Crippen molar-refractivity contribution in [2.75, 3.05) is 44.1 Å². The highest BCUT2D eigenvalue weighted by molar-refractivity contribution is 6.33. The number of benzene rings is 1. The first-order chi connectivity index (χ1) is 17.3. The van der Waals surface area contributed by atoms with E-state index < -0.39 is 0 Å². The van der Waals surface area contributed by atoms with Crippen LogP contribution in [0.4, 0.5) is 15.9 Å². The fourth-order valence-corrected chi connectivity index (χ4v) is 5.44. The smallest absolute Gasteiger partial charge is 0.146 e. The van der Waals surface area contributed by atoms with Gasteiger partial charge in [0.15, 0.2) is 0 Å². The molecule has 1 saturated carbocycles. The zero-order valence-corrected chi connectivity index (χ0v) is 22.5. The largest absolute Gasteiger partial charge is 0.383 e. The van der Waals surface area contributed by atoms with Crippen LogP contribution in [0.15, 0.2) is 30.5 Å². The van der Waals surface area contributed by atoms with Crippen molar-refractivity contribution in [1.82, 2.24) is 10.3 Å². The van der Waals surface area contributed by atoms with E-state index in [-0.39, 0.29) is 11.2 Å². The first-order valence-electron chi connectivity index (χ1n) is 13.1. The van der Waals surface area contributed by atoms with Crippen molar-refractivity contribution >= 4 is 23.1 Å². The predicted molar refractivity (Wildman–Crippen MR) is 145 cm³/mol. The molecule has 2 fully saturated rings. The second-order valence-corrected chi connectivity index (χ2v) is 11.1. The molecule has 0 radical (unpaired) electrons. The second-order valence-electron chi connectivity index (χ2n) is 10.7. The Balaban J connectivity index is 1.39. The van der Waals surface area contributed by atoms with Gasteiger partial charge in [-0.15, -0.1) is 0 Å². The first-order valence-corrected chi connectivity index (χ1v) is 13.5. The summed E-state index contributed by atoms with van der Waals surface area (Å²) in [6.07, 6.45) is 8.00. The first kappa shape index (κ1) is 27.1. The zero-order valence-electron chi connectivity index (χ0n) is 21.7. The molecular formula is C28H40ClFN4O2. The van der Waals surface area contributed by atoms with Crippen LogP contribution < -0.4 is 16.0 Å². The van der Waals surface area contributed by atoms with Gasteiger partial charge in [-0.2, -0.15) is 0 Å². The maximum absolute atomic E-state index is 14.6. The maximum Gasteiger partial charge on any atom is 0.146 e. The lowest BCUT2D eigenvalue weighted by molar-refractivity contribution is 0.0300. The van der Waals surface area contributed by atoms with Crippen LogP contribution in [-0.2, 0) is 9.47 Å². The lowest BCUT2D eigenvalue weighted by Crippen LogP contribution is -2.42. The Morgan fingerprint density at radius 2 is 1.89 bits per heavy atom. The quantitative estimate of drug-likeness (QED) is 0.352. The van der Waals surface area contributed by atoms with Crippen LogP contribution in [0.5, 0.6) is 0 Å². The SMILES string of the molecule is COC[C@H](C)N[C@H]1CC[C@H](Nc2cc(-c3ccc(F)c(NCC4(C)CCOCC4)c3)c(Cl)cn2)CC1. The van der Waals surface area contributed by atoms with Gasteiger partial charge in [0, 0.05) is 56.8 Å². The van der Waals surface area contributed by atoms with Crippen LogP contribution in [-0.4, -0.2) is 56.6 Å². The molecule has 0 unspecified atom stereocenters. The molecule has 6 nitrogen and oxygen atoms in total. The number of pyridine rings is 1. The monoisotopic (exact) mass is 518 g/mol. The number of methoxy groups -OCH3 is 1. The molecule has 1 aliphatic carbocycles. The van der Waals surface area contributed by atoms with Crippen molar-refractivity contribution in [2.24, 2.45) is 5.41 Å². The van der Waals surface area contributed by atoms with Crippen LogP contribution in [0, 0.1) is 11.2 Å². The molecular weight excluding hydrogens is 479 g/mol. The van der Waals surface area contributed by atoms with E-state index in [4.69, 9.17) is 21.1 Å². The highest BCUT2D eigenvalue weighted by Crippen LogP contribution is 2.34. The van der Waals surface area contributed by atoms with Crippen LogP contribution in [0.1, 0.15) is 52.4 Å². The minimum absolute atomic E-state index is 0.0996. The van der Waals surface area contributed by atoms with Gasteiger partial charge in [0.05, 0.1) is 17.3 Å². The molecule has 0 spiro atoms. The van der Waals surface area contributed by atoms with Gasteiger partial charge < -0.3 is 25.4 Å². The fourth-order valence-electron chi connectivity index (χ4n) is 5.23. The highest BCUT2D eigenvalue weighted by Gasteiger charge is 2.27. The van der Waals surface area contributed by atoms with E-state index in [2.05, 4.69) is 34.8 Å². The van der Waals surface area contributed by atoms with Gasteiger partial charge in [-0.1, -0.05) is 24.6 Å². The Kier molecular flexibility index (Phi) is 9.45. The van der Waals surface area contributed by atoms with E-state index in [0.717, 1.165) is 75.3 Å². The molecule has 198 valence electrons. The third-order valence-electron chi connectivity index (χ3n) is 7.55. The predicted octanol–water partition coefficient (Wildman–Crippen LogP) is 6.12. The Morgan fingerprint density at radius 3 is 2.61 bits per heavy atom. The molecule has 1 aromatic carbocycles. The zero-order chi connectivity index (χ0) is 25.5. The van der Waals surface area contributed by atoms with E-state index in [9.17, 15) is 4.39 Å². The van der Waals surface area contributed by atoms with Crippen molar-refractivity contribution in [2.45, 2.75) is 70.5 Å². The molecule has 2 heterocycles. The second kappa shape index (κ2) is 12.5. The number of nitrogens with one attached hydrogen (secondary N) is 3. The minimum atomic E-state index is -0.261. The van der Waals surface area contributed by atoms with Crippen molar-refractivity contribution in [3.63, 3.8) is 0 Å². The third-order valence-corrected chi connectivity index (χ3v) is 7.86. The number of nitrogens with zero attached hydrogens (tertiary/aromatic N) is 1. The van der Waals surface area contributed by atoms with Crippen LogP contribution in [0.2, 0.25) is 5.02 Å². The Bertz CT molecular complexity index is 994. The highest BCUT2D eigenvalue weighted by atomic mass is 35.5. The molecule has 36 heavy (non-hydrogen) atoms. The molecule has 0 amide bonds. The van der Waals surface area contributed by atoms with E-state index in [0.29, 0.717) is 35.4 Å². The standard InChI is InChI=1S/C28H40ClFN4O2/c1-19(17-35-3)33-21-5-7-22(8-6-21)34-27-15-23(24(29)16-31-27)20-4-9-25(30)26(14-20)32-18-28(2)10-12-36-13-11-28/h4,9,14-16,19,21-22,32-33H,5-8,10-13,17-18H2,1-3H3,(H,31,34)/t19-,21-,22-/m0/s1. The molecule has 8 heteroatoms. The van der Waals surface area contributed by atoms with E-state index in [1.807, 2.05) is 12.1 Å². The number of hydrogen-bond donors (Lipinski definition) is 3. The lowest BCUT2D eigenvalue weighted by Gasteiger charge is -2.34. The summed E-state index contributed by atoms with van der Waals surface area (Å²) < 4.78 is 25.4. The van der Waals surface area contributed by atoms with Crippen molar-refractivity contribution in [1.29, 1.82) is 0 Å². The molecule has 1 aliphatic heterocycles. The molecule has 1 aromatic heterocycles. The van der Waals surface area contributed by atoms with E-state index in [1.165, 1.54) is 6.07 Å². The summed E-state index contributed by atoms with van der Waals surface area (Å²) in [7, 11) is 1.74. The van der Waals surface area contributed by atoms with Crippen molar-refractivity contribution in [3.05, 3.63) is 41.3 Å². The molecule has 4 rings (SSSR count). The molecule has 3 N–H and O–H groups in total. The Hall–Kier alpha value is -1.93. The fraction of sp³-hybridized carbons (Fsp3) is 0.607. The molecule has 2 aromatic rings. The number of aromatic nitrogens is 1. The number of ether oxygens (including phenoxy) is 2. The molecule has 2 aliphatic rings. The van der Waals surface area contributed by atoms with Crippen LogP contribution >= 0.6 is 11.6 Å². The maximum atomic E-state index is 14.6. The van der Waals surface area contributed by atoms with Gasteiger partial charge in [0.25, 0.3) is 0 Å². The summed E-state index contributed by atoms with van der Waals surface area (Å²) >= 11 is 6.54. The molecule has 1 saturated heterocycles. The number of halogens is 2. The van der Waals surface area contributed by atoms with Gasteiger partial charge in [-0.05, 0) is 74.6 Å². The number of rotatable bonds is 10. The summed E-state index contributed by atoms with van der Waals surface area (Å²) in [5, 5.41) is 11.1. The summed E-state index contributed by atoms with van der Waals surface area (Å²) in [6.45, 7) is 7.34. The topological polar surface area (TPSA) is 67.4 Å². The summed E-state index contributed by atoms with van der Waals surface area (Å²) in [6, 6.07) is 8.36. The van der Waals surface area contributed by atoms with Gasteiger partial charge in [-0.3, -0.25) is 0 Å². The lowest BCUT2D eigenvalue weighted by atomic mass is 9.82. The normalized spacial score (nSPS) is 22.7. The minimum Gasteiger partial charge on any atom is -0.383 e. The van der Waals surface area contributed by atoms with Gasteiger partial charge in [0.2, 0.25) is 0 Å². The summed E-state index contributed by atoms with van der Waals surface area (Å²) in [5.74, 6) is 0.537. The van der Waals surface area contributed by atoms with E-state index in [1.54, 1.807) is 19.4 Å². The third kappa shape index (κ3) is 7.31. The summed E-state index contributed by atoms with van der Waals surface area (Å²) in [5.41, 5.74) is 2.31. The summed E-state index contributed by atoms with van der Waals surface area (Å²) in [4.78, 5) is 4.52. The van der Waals surface area contributed by atoms with Gasteiger partial charge in [0.1, 0.15) is 11.6 Å². The number of anilines is 2. The van der Waals surface area contributed by atoms with Crippen LogP contribution in [0.25, 0.3) is 11.1 Å². The Labute approximate surface area is 219 Å². The van der Waals surface area contributed by atoms with Gasteiger partial charge in [-0.25, -0.2) is 9.37 Å². The van der Waals surface area contributed by atoms with E-state index >= 15 is 0 Å².